The number of nitrogens with one attached hydrogen (secondary N) is 3. The number of hydrogen-bond donors (Lipinski definition) is 5. The van der Waals surface area contributed by atoms with E-state index < -0.39 is 29.5 Å². The number of piperidine rings is 2. The van der Waals surface area contributed by atoms with Crippen LogP contribution in [0.5, 0.6) is 0 Å². The number of hydrogen-bond acceptors (Lipinski definition) is 11. The van der Waals surface area contributed by atoms with E-state index in [0.29, 0.717) is 58.5 Å². The monoisotopic (exact) mass is 943 g/mol. The zero-order valence-corrected chi connectivity index (χ0v) is 39.2. The standard InChI is InChI=1S/C52H59F2N9O6/c1-32-41(26-37(53)27-44(32)58-49(65)40-11-10-36(25-43(40)54)52(2,3)68)47-42-28-45(57-48(42)56-31-55-47)34-8-6-33(7-9-34)29-61-20-14-39(15-21-61)69-38-12-18-60(19-13-38)23-24-62-17-4-5-35(50(62)66)30-63-22-16-46(64)59-51(63)67/h4-11,17,25-28,31,38-39,51,67-68H,12-16,18-24,29-30H2,1-3H3,(H,58,65)(H,59,64)(H,55,56,57). The van der Waals surface area contributed by atoms with Crippen molar-refractivity contribution in [2.24, 2.45) is 0 Å². The Balaban J connectivity index is 0.748. The van der Waals surface area contributed by atoms with Crippen LogP contribution in [0.1, 0.15) is 78.6 Å². The number of aliphatic hydroxyl groups excluding tert-OH is 1. The third-order valence-corrected chi connectivity index (χ3v) is 13.7. The Morgan fingerprint density at radius 1 is 0.884 bits per heavy atom. The summed E-state index contributed by atoms with van der Waals surface area (Å²) in [6, 6.07) is 20.5. The number of aliphatic hydroxyl groups is 2. The van der Waals surface area contributed by atoms with Crippen LogP contribution >= 0.6 is 0 Å². The predicted octanol–water partition coefficient (Wildman–Crippen LogP) is 6.26. The molecule has 1 unspecified atom stereocenters. The molecule has 0 saturated carbocycles. The Kier molecular flexibility index (Phi) is 14.1. The molecule has 0 bridgehead atoms. The van der Waals surface area contributed by atoms with Gasteiger partial charge in [0.1, 0.15) is 23.6 Å². The van der Waals surface area contributed by atoms with Gasteiger partial charge in [0, 0.05) is 99.4 Å². The summed E-state index contributed by atoms with van der Waals surface area (Å²) in [5, 5.41) is 26.3. The molecule has 6 heterocycles. The Bertz CT molecular complexity index is 2880. The van der Waals surface area contributed by atoms with Gasteiger partial charge in [-0.15, -0.1) is 0 Å². The number of carbonyl (C=O) groups is 2. The lowest BCUT2D eigenvalue weighted by molar-refractivity contribution is -0.136. The lowest BCUT2D eigenvalue weighted by Gasteiger charge is -2.37. The van der Waals surface area contributed by atoms with Crippen LogP contribution in [0, 0.1) is 18.6 Å². The summed E-state index contributed by atoms with van der Waals surface area (Å²) in [4.78, 5) is 56.9. The van der Waals surface area contributed by atoms with Crippen LogP contribution < -0.4 is 16.2 Å². The molecule has 15 nitrogen and oxygen atoms in total. The number of pyridine rings is 1. The number of aromatic amines is 1. The van der Waals surface area contributed by atoms with Crippen molar-refractivity contribution < 1.29 is 33.3 Å². The number of nitrogens with zero attached hydrogens (tertiary/aromatic N) is 6. The molecule has 0 aliphatic carbocycles. The minimum atomic E-state index is -1.29. The van der Waals surface area contributed by atoms with Gasteiger partial charge in [-0.3, -0.25) is 24.2 Å². The summed E-state index contributed by atoms with van der Waals surface area (Å²) in [7, 11) is 0. The highest BCUT2D eigenvalue weighted by Crippen LogP contribution is 2.35. The number of carbonyl (C=O) groups excluding carboxylic acids is 2. The predicted molar refractivity (Wildman–Crippen MR) is 258 cm³/mol. The van der Waals surface area contributed by atoms with E-state index in [4.69, 9.17) is 4.74 Å². The molecule has 0 radical (unpaired) electrons. The van der Waals surface area contributed by atoms with Crippen LogP contribution in [-0.2, 0) is 34.8 Å². The Labute approximate surface area is 399 Å². The summed E-state index contributed by atoms with van der Waals surface area (Å²) in [6.07, 6.45) is 6.76. The quantitative estimate of drug-likeness (QED) is 0.0832. The average Bonchev–Trinajstić information content (AvgIpc) is 3.77. The number of rotatable bonds is 14. The van der Waals surface area contributed by atoms with E-state index in [2.05, 4.69) is 59.7 Å². The molecule has 362 valence electrons. The second-order valence-corrected chi connectivity index (χ2v) is 19.0. The van der Waals surface area contributed by atoms with Crippen LogP contribution in [0.15, 0.2) is 90.1 Å². The first-order valence-corrected chi connectivity index (χ1v) is 23.7. The number of amides is 2. The normalized spacial score (nSPS) is 18.2. The van der Waals surface area contributed by atoms with Gasteiger partial charge >= 0.3 is 0 Å². The number of likely N-dealkylation sites (tertiary alicyclic amines) is 2. The molecule has 5 N–H and O–H groups in total. The van der Waals surface area contributed by atoms with Crippen molar-refractivity contribution in [3.8, 4) is 22.5 Å². The summed E-state index contributed by atoms with van der Waals surface area (Å²) in [5.74, 6) is -2.35. The number of H-pyrrole nitrogens is 1. The van der Waals surface area contributed by atoms with Crippen LogP contribution in [0.2, 0.25) is 0 Å². The fourth-order valence-corrected chi connectivity index (χ4v) is 9.62. The highest BCUT2D eigenvalue weighted by atomic mass is 19.1. The molecule has 3 aromatic heterocycles. The largest absolute Gasteiger partial charge is 0.386 e. The van der Waals surface area contributed by atoms with Gasteiger partial charge in [0.25, 0.3) is 11.5 Å². The van der Waals surface area contributed by atoms with E-state index in [1.54, 1.807) is 22.5 Å². The van der Waals surface area contributed by atoms with Gasteiger partial charge in [-0.25, -0.2) is 18.7 Å². The number of ether oxygens (including phenoxy) is 1. The second-order valence-electron chi connectivity index (χ2n) is 19.0. The van der Waals surface area contributed by atoms with E-state index in [1.165, 1.54) is 50.0 Å². The first kappa shape index (κ1) is 47.8. The van der Waals surface area contributed by atoms with E-state index in [0.717, 1.165) is 82.3 Å². The van der Waals surface area contributed by atoms with Gasteiger partial charge in [-0.1, -0.05) is 36.4 Å². The topological polar surface area (TPSA) is 181 Å². The molecule has 9 rings (SSSR count). The zero-order chi connectivity index (χ0) is 48.4. The molecule has 1 atom stereocenters. The summed E-state index contributed by atoms with van der Waals surface area (Å²) in [5.41, 5.74) is 4.50. The lowest BCUT2D eigenvalue weighted by Crippen LogP contribution is -2.53. The molecule has 3 aliphatic rings. The molecule has 6 aromatic rings. The highest BCUT2D eigenvalue weighted by Gasteiger charge is 2.28. The summed E-state index contributed by atoms with van der Waals surface area (Å²) < 4.78 is 38.6. The SMILES string of the molecule is Cc1c(NC(=O)c2ccc(C(C)(C)O)cc2F)cc(F)cc1-c1ncnc2[nH]c(-c3ccc(CN4CCC(OC5CCN(CCn6cccc(CN7CCC(=O)NC7O)c6=O)CC5)CC4)cc3)cc12. The van der Waals surface area contributed by atoms with Crippen LogP contribution in [0.4, 0.5) is 14.5 Å². The minimum Gasteiger partial charge on any atom is -0.386 e. The Morgan fingerprint density at radius 3 is 2.30 bits per heavy atom. The summed E-state index contributed by atoms with van der Waals surface area (Å²) >= 11 is 0. The van der Waals surface area contributed by atoms with Crippen molar-refractivity contribution in [3.05, 3.63) is 135 Å². The molecule has 17 heteroatoms. The van der Waals surface area contributed by atoms with E-state index in [9.17, 15) is 24.6 Å². The molecular weight excluding hydrogens is 885 g/mol. The summed E-state index contributed by atoms with van der Waals surface area (Å²) in [6.45, 7) is 11.4. The van der Waals surface area contributed by atoms with Crippen molar-refractivity contribution in [3.63, 3.8) is 0 Å². The smallest absolute Gasteiger partial charge is 0.258 e. The van der Waals surface area contributed by atoms with Gasteiger partial charge in [-0.2, -0.15) is 0 Å². The third kappa shape index (κ3) is 11.1. The van der Waals surface area contributed by atoms with Crippen molar-refractivity contribution >= 4 is 28.5 Å². The van der Waals surface area contributed by atoms with Gasteiger partial charge in [0.2, 0.25) is 5.91 Å². The highest BCUT2D eigenvalue weighted by molar-refractivity contribution is 6.06. The van der Waals surface area contributed by atoms with Crippen molar-refractivity contribution in [1.29, 1.82) is 0 Å². The number of benzene rings is 3. The van der Waals surface area contributed by atoms with Gasteiger partial charge in [-0.05, 0) is 105 Å². The first-order valence-electron chi connectivity index (χ1n) is 23.7. The second kappa shape index (κ2) is 20.4. The molecule has 3 aliphatic heterocycles. The molecule has 3 fully saturated rings. The maximum absolute atomic E-state index is 15.2. The molecular formula is C52H59F2N9O6. The molecule has 3 aromatic carbocycles. The molecule has 3 saturated heterocycles. The van der Waals surface area contributed by atoms with Gasteiger partial charge < -0.3 is 40.0 Å². The zero-order valence-electron chi connectivity index (χ0n) is 39.2. The maximum Gasteiger partial charge on any atom is 0.258 e. The van der Waals surface area contributed by atoms with Gasteiger partial charge in [0.15, 0.2) is 6.35 Å². The number of anilines is 1. The number of fused-ring (bicyclic) bond motifs is 1. The fraction of sp³-hybridized carbons (Fsp3) is 0.404. The van der Waals surface area contributed by atoms with Crippen molar-refractivity contribution in [2.75, 3.05) is 44.6 Å². The van der Waals surface area contributed by atoms with Gasteiger partial charge in [0.05, 0.1) is 29.1 Å². The third-order valence-electron chi connectivity index (χ3n) is 13.7. The average molecular weight is 944 g/mol. The van der Waals surface area contributed by atoms with E-state index in [-0.39, 0.29) is 41.5 Å². The lowest BCUT2D eigenvalue weighted by atomic mass is 9.96. The Hall–Kier alpha value is -6.21. The first-order chi connectivity index (χ1) is 33.1. The molecule has 69 heavy (non-hydrogen) atoms. The molecule has 2 amide bonds. The van der Waals surface area contributed by atoms with Crippen LogP contribution in [-0.4, -0.2) is 114 Å². The van der Waals surface area contributed by atoms with Crippen molar-refractivity contribution in [2.45, 2.75) is 96.7 Å². The Morgan fingerprint density at radius 2 is 1.61 bits per heavy atom. The maximum atomic E-state index is 15.2. The van der Waals surface area contributed by atoms with Crippen molar-refractivity contribution in [1.82, 2.24) is 39.5 Å². The van der Waals surface area contributed by atoms with E-state index in [1.807, 2.05) is 18.3 Å². The number of aromatic nitrogens is 4. The number of halogens is 2. The van der Waals surface area contributed by atoms with E-state index >= 15 is 8.78 Å². The van der Waals surface area contributed by atoms with Crippen LogP contribution in [0.3, 0.4) is 0 Å². The fourth-order valence-electron chi connectivity index (χ4n) is 9.62. The van der Waals surface area contributed by atoms with Crippen LogP contribution in [0.25, 0.3) is 33.5 Å². The molecule has 0 spiro atoms. The minimum absolute atomic E-state index is 0.0730.